The second-order valence-corrected chi connectivity index (χ2v) is 12.8. The van der Waals surface area contributed by atoms with Crippen molar-refractivity contribution >= 4 is 33.4 Å². The van der Waals surface area contributed by atoms with Crippen molar-refractivity contribution in [2.24, 2.45) is 0 Å². The van der Waals surface area contributed by atoms with Crippen LogP contribution < -0.4 is 4.72 Å². The van der Waals surface area contributed by atoms with E-state index < -0.39 is 15.6 Å². The van der Waals surface area contributed by atoms with Crippen molar-refractivity contribution in [3.63, 3.8) is 0 Å². The Balaban J connectivity index is 1.54. The Morgan fingerprint density at radius 1 is 1.00 bits per heavy atom. The minimum Gasteiger partial charge on any atom is -0.444 e. The predicted octanol–water partition coefficient (Wildman–Crippen LogP) is 6.20. The predicted molar refractivity (Wildman–Crippen MR) is 152 cm³/mol. The number of likely N-dealkylation sites (N-methyl/N-ethyl adjacent to an activating group) is 1. The fraction of sp³-hybridized carbons (Fsp3) is 0.345. The molecule has 1 atom stereocenters. The van der Waals surface area contributed by atoms with Crippen LogP contribution in [0.5, 0.6) is 0 Å². The summed E-state index contributed by atoms with van der Waals surface area (Å²) in [5.74, 6) is 0. The van der Waals surface area contributed by atoms with Gasteiger partial charge in [0.2, 0.25) is 0 Å². The number of rotatable bonds is 5. The number of anilines is 1. The van der Waals surface area contributed by atoms with Crippen LogP contribution >= 0.6 is 11.6 Å². The first-order valence-electron chi connectivity index (χ1n) is 12.5. The number of benzene rings is 3. The molecule has 38 heavy (non-hydrogen) atoms. The van der Waals surface area contributed by atoms with E-state index >= 15 is 0 Å². The number of carbonyl (C=O) groups is 1. The lowest BCUT2D eigenvalue weighted by atomic mass is 9.98. The second kappa shape index (κ2) is 11.0. The first kappa shape index (κ1) is 28.0. The number of hydrogen-bond donors (Lipinski definition) is 1. The lowest BCUT2D eigenvalue weighted by Gasteiger charge is -2.31. The van der Waals surface area contributed by atoms with Crippen molar-refractivity contribution in [2.45, 2.75) is 43.7 Å². The number of hydrogen-bond acceptors (Lipinski definition) is 5. The molecule has 0 aliphatic carbocycles. The molecule has 4 rings (SSSR count). The molecule has 1 heterocycles. The van der Waals surface area contributed by atoms with Crippen LogP contribution in [0.4, 0.5) is 10.5 Å². The maximum absolute atomic E-state index is 13.2. The van der Waals surface area contributed by atoms with Crippen LogP contribution in [-0.2, 0) is 21.2 Å². The van der Waals surface area contributed by atoms with Gasteiger partial charge in [0.25, 0.3) is 10.0 Å². The third kappa shape index (κ3) is 6.67. The lowest BCUT2D eigenvalue weighted by molar-refractivity contribution is 0.0216. The number of nitrogens with one attached hydrogen (secondary N) is 1. The van der Waals surface area contributed by atoms with Crippen LogP contribution in [-0.4, -0.2) is 57.1 Å². The summed E-state index contributed by atoms with van der Waals surface area (Å²) in [4.78, 5) is 16.8. The molecule has 7 nitrogen and oxygen atoms in total. The molecule has 0 aromatic heterocycles. The SMILES string of the molecule is CN(C)C1CN(C(=O)OC(C)(C)C)CCc2cc(NS(=O)(=O)c3ccc(-c4ccc(Cl)cc4)cc3)ccc21. The van der Waals surface area contributed by atoms with Gasteiger partial charge in [0, 0.05) is 23.8 Å². The lowest BCUT2D eigenvalue weighted by Crippen LogP contribution is -2.41. The van der Waals surface area contributed by atoms with E-state index in [1.165, 1.54) is 0 Å². The summed E-state index contributed by atoms with van der Waals surface area (Å²) in [6, 6.07) is 19.7. The fourth-order valence-corrected chi connectivity index (χ4v) is 5.66. The molecule has 1 aliphatic rings. The van der Waals surface area contributed by atoms with E-state index in [4.69, 9.17) is 16.3 Å². The molecule has 1 N–H and O–H groups in total. The van der Waals surface area contributed by atoms with Crippen molar-refractivity contribution in [3.8, 4) is 11.1 Å². The molecule has 0 saturated heterocycles. The van der Waals surface area contributed by atoms with Crippen molar-refractivity contribution in [1.29, 1.82) is 0 Å². The van der Waals surface area contributed by atoms with Crippen LogP contribution in [0, 0.1) is 0 Å². The summed E-state index contributed by atoms with van der Waals surface area (Å²) in [7, 11) is 0.144. The Kier molecular flexibility index (Phi) is 8.06. The average molecular weight is 556 g/mol. The molecule has 1 aliphatic heterocycles. The van der Waals surface area contributed by atoms with Crippen LogP contribution in [0.25, 0.3) is 11.1 Å². The van der Waals surface area contributed by atoms with Crippen molar-refractivity contribution in [3.05, 3.63) is 82.9 Å². The molecule has 9 heteroatoms. The van der Waals surface area contributed by atoms with Gasteiger partial charge < -0.3 is 14.5 Å². The number of fused-ring (bicyclic) bond motifs is 1. The molecular formula is C29H34ClN3O4S. The van der Waals surface area contributed by atoms with Crippen LogP contribution in [0.15, 0.2) is 71.6 Å². The van der Waals surface area contributed by atoms with Gasteiger partial charge in [0.1, 0.15) is 5.60 Å². The van der Waals surface area contributed by atoms with Gasteiger partial charge in [-0.25, -0.2) is 13.2 Å². The van der Waals surface area contributed by atoms with Crippen LogP contribution in [0.2, 0.25) is 5.02 Å². The standard InChI is InChI=1S/C29H34ClN3O4S/c1-29(2,3)37-28(34)33-17-16-22-18-24(12-15-26(22)27(19-33)32(4)5)31-38(35,36)25-13-8-21(9-14-25)20-6-10-23(30)11-7-20/h6-15,18,27,31H,16-17,19H2,1-5H3. The third-order valence-corrected chi connectivity index (χ3v) is 8.06. The summed E-state index contributed by atoms with van der Waals surface area (Å²) < 4.78 is 34.7. The van der Waals surface area contributed by atoms with Gasteiger partial charge in [0.05, 0.1) is 10.9 Å². The highest BCUT2D eigenvalue weighted by atomic mass is 35.5. The summed E-state index contributed by atoms with van der Waals surface area (Å²) >= 11 is 5.97. The number of carbonyl (C=O) groups excluding carboxylic acids is 1. The van der Waals surface area contributed by atoms with Gasteiger partial charge in [-0.1, -0.05) is 41.9 Å². The minimum atomic E-state index is -3.80. The van der Waals surface area contributed by atoms with Gasteiger partial charge in [-0.15, -0.1) is 0 Å². The van der Waals surface area contributed by atoms with Gasteiger partial charge in [-0.2, -0.15) is 0 Å². The molecule has 1 amide bonds. The first-order valence-corrected chi connectivity index (χ1v) is 14.3. The number of sulfonamides is 1. The largest absolute Gasteiger partial charge is 0.444 e. The normalized spacial score (nSPS) is 16.1. The van der Waals surface area contributed by atoms with Gasteiger partial charge in [-0.3, -0.25) is 4.72 Å². The smallest absolute Gasteiger partial charge is 0.410 e. The molecule has 0 radical (unpaired) electrons. The molecule has 0 bridgehead atoms. The zero-order valence-corrected chi connectivity index (χ0v) is 23.9. The molecule has 0 fully saturated rings. The Morgan fingerprint density at radius 3 is 2.18 bits per heavy atom. The zero-order valence-electron chi connectivity index (χ0n) is 22.4. The van der Waals surface area contributed by atoms with E-state index in [2.05, 4.69) is 9.62 Å². The van der Waals surface area contributed by atoms with Crippen molar-refractivity contribution in [2.75, 3.05) is 31.9 Å². The highest BCUT2D eigenvalue weighted by Crippen LogP contribution is 2.31. The summed E-state index contributed by atoms with van der Waals surface area (Å²) in [6.45, 7) is 6.52. The summed E-state index contributed by atoms with van der Waals surface area (Å²) in [6.07, 6.45) is 0.240. The van der Waals surface area contributed by atoms with E-state index in [0.29, 0.717) is 30.2 Å². The Hall–Kier alpha value is -3.07. The van der Waals surface area contributed by atoms with Crippen molar-refractivity contribution in [1.82, 2.24) is 9.80 Å². The van der Waals surface area contributed by atoms with Crippen molar-refractivity contribution < 1.29 is 17.9 Å². The zero-order chi connectivity index (χ0) is 27.7. The van der Waals surface area contributed by atoms with Gasteiger partial charge >= 0.3 is 6.09 Å². The van der Waals surface area contributed by atoms with E-state index in [9.17, 15) is 13.2 Å². The monoisotopic (exact) mass is 555 g/mol. The highest BCUT2D eigenvalue weighted by Gasteiger charge is 2.30. The Labute approximate surface area is 230 Å². The molecule has 0 spiro atoms. The number of nitrogens with zero attached hydrogens (tertiary/aromatic N) is 2. The van der Waals surface area contributed by atoms with E-state index in [1.54, 1.807) is 47.4 Å². The number of ether oxygens (including phenoxy) is 1. The molecule has 0 saturated carbocycles. The number of halogens is 1. The molecule has 3 aromatic rings. The third-order valence-electron chi connectivity index (χ3n) is 6.42. The van der Waals surface area contributed by atoms with E-state index in [1.807, 2.05) is 59.1 Å². The maximum Gasteiger partial charge on any atom is 0.410 e. The summed E-state index contributed by atoms with van der Waals surface area (Å²) in [5, 5.41) is 0.646. The van der Waals surface area contributed by atoms with E-state index in [-0.39, 0.29) is 17.0 Å². The Bertz CT molecular complexity index is 1400. The highest BCUT2D eigenvalue weighted by molar-refractivity contribution is 7.92. The number of amides is 1. The van der Waals surface area contributed by atoms with Gasteiger partial charge in [0.15, 0.2) is 0 Å². The fourth-order valence-electron chi connectivity index (χ4n) is 4.48. The first-order chi connectivity index (χ1) is 17.8. The Morgan fingerprint density at radius 2 is 1.61 bits per heavy atom. The quantitative estimate of drug-likeness (QED) is 0.405. The topological polar surface area (TPSA) is 79.0 Å². The second-order valence-electron chi connectivity index (χ2n) is 10.7. The van der Waals surface area contributed by atoms with Crippen LogP contribution in [0.1, 0.15) is 37.9 Å². The molecular weight excluding hydrogens is 522 g/mol. The van der Waals surface area contributed by atoms with E-state index in [0.717, 1.165) is 22.3 Å². The van der Waals surface area contributed by atoms with Crippen LogP contribution in [0.3, 0.4) is 0 Å². The summed E-state index contributed by atoms with van der Waals surface area (Å²) in [5.41, 5.74) is 3.81. The molecule has 1 unspecified atom stereocenters. The maximum atomic E-state index is 13.2. The average Bonchev–Trinajstić information content (AvgIpc) is 3.03. The van der Waals surface area contributed by atoms with Gasteiger partial charge in [-0.05, 0) is 99.9 Å². The minimum absolute atomic E-state index is 0.0499. The molecule has 3 aromatic carbocycles. The molecule has 202 valence electrons.